The molecule has 4 nitrogen and oxygen atoms in total. The number of benzene rings is 2. The molecule has 0 aliphatic carbocycles. The molecule has 27 heavy (non-hydrogen) atoms. The van der Waals surface area contributed by atoms with Gasteiger partial charge >= 0.3 is 0 Å². The van der Waals surface area contributed by atoms with Gasteiger partial charge in [0, 0.05) is 37.7 Å². The Bertz CT molecular complexity index is 759. The molecule has 2 aromatic rings. The maximum Gasteiger partial charge on any atom is 0.167 e. The van der Waals surface area contributed by atoms with Crippen molar-refractivity contribution in [3.05, 3.63) is 65.7 Å². The van der Waals surface area contributed by atoms with Crippen LogP contribution in [0.1, 0.15) is 36.4 Å². The van der Waals surface area contributed by atoms with Crippen molar-refractivity contribution in [2.24, 2.45) is 0 Å². The molecule has 0 bridgehead atoms. The molecule has 2 aliphatic rings. The van der Waals surface area contributed by atoms with E-state index in [0.29, 0.717) is 6.04 Å². The summed E-state index contributed by atoms with van der Waals surface area (Å²) in [6, 6.07) is 19.6. The van der Waals surface area contributed by atoms with Gasteiger partial charge in [0.25, 0.3) is 0 Å². The fourth-order valence-electron chi connectivity index (χ4n) is 3.95. The van der Waals surface area contributed by atoms with E-state index >= 15 is 0 Å². The Kier molecular flexibility index (Phi) is 5.90. The number of nitrogens with zero attached hydrogens (tertiary/aromatic N) is 1. The molecule has 2 N–H and O–H groups in total. The topological polar surface area (TPSA) is 36.5 Å². The molecule has 1 atom stereocenters. The van der Waals surface area contributed by atoms with Crippen LogP contribution in [-0.2, 0) is 6.54 Å². The van der Waals surface area contributed by atoms with E-state index < -0.39 is 0 Å². The summed E-state index contributed by atoms with van der Waals surface area (Å²) in [4.78, 5) is 2.53. The molecule has 0 radical (unpaired) electrons. The van der Waals surface area contributed by atoms with Crippen LogP contribution in [0, 0.1) is 0 Å². The maximum absolute atomic E-state index is 5.74. The van der Waals surface area contributed by atoms with Gasteiger partial charge in [-0.1, -0.05) is 48.5 Å². The molecule has 0 unspecified atom stereocenters. The minimum Gasteiger partial charge on any atom is -0.493 e. The first-order valence-electron chi connectivity index (χ1n) is 9.83. The molecule has 0 saturated carbocycles. The molecular formula is C22H27N3OS. The van der Waals surface area contributed by atoms with E-state index in [4.69, 9.17) is 17.0 Å². The van der Waals surface area contributed by atoms with Crippen molar-refractivity contribution in [1.29, 1.82) is 0 Å². The molecule has 142 valence electrons. The largest absolute Gasteiger partial charge is 0.493 e. The number of rotatable bonds is 4. The van der Waals surface area contributed by atoms with E-state index in [0.717, 1.165) is 56.4 Å². The van der Waals surface area contributed by atoms with Gasteiger partial charge in [0.15, 0.2) is 5.11 Å². The maximum atomic E-state index is 5.74. The van der Waals surface area contributed by atoms with E-state index in [-0.39, 0.29) is 6.04 Å². The number of thiocarbonyl (C=S) groups is 1. The highest BCUT2D eigenvalue weighted by molar-refractivity contribution is 7.80. The van der Waals surface area contributed by atoms with Crippen molar-refractivity contribution in [2.75, 3.05) is 19.7 Å². The summed E-state index contributed by atoms with van der Waals surface area (Å²) in [7, 11) is 0. The van der Waals surface area contributed by atoms with Gasteiger partial charge in [0.2, 0.25) is 0 Å². The standard InChI is InChI=1S/C22H27N3OS/c27-22(24-20-12-15-26-21-9-5-4-8-19(20)21)23-18-10-13-25(14-11-18)16-17-6-2-1-3-7-17/h1-9,18,20H,10-16H2,(H2,23,24,27)/t20-/m1/s1. The van der Waals surface area contributed by atoms with Crippen LogP contribution in [0.2, 0.25) is 0 Å². The Morgan fingerprint density at radius 2 is 1.70 bits per heavy atom. The van der Waals surface area contributed by atoms with Crippen molar-refractivity contribution in [1.82, 2.24) is 15.5 Å². The smallest absolute Gasteiger partial charge is 0.167 e. The number of ether oxygens (including phenoxy) is 1. The number of likely N-dealkylation sites (tertiary alicyclic amines) is 1. The summed E-state index contributed by atoms with van der Waals surface area (Å²) in [5, 5.41) is 7.80. The first-order chi connectivity index (χ1) is 13.3. The van der Waals surface area contributed by atoms with Crippen molar-refractivity contribution in [3.8, 4) is 5.75 Å². The lowest BCUT2D eigenvalue weighted by molar-refractivity contribution is 0.198. The van der Waals surface area contributed by atoms with E-state index in [9.17, 15) is 0 Å². The van der Waals surface area contributed by atoms with Crippen LogP contribution < -0.4 is 15.4 Å². The SMILES string of the molecule is S=C(NC1CCN(Cc2ccccc2)CC1)N[C@@H]1CCOc2ccccc21. The average Bonchev–Trinajstić information content (AvgIpc) is 2.71. The quantitative estimate of drug-likeness (QED) is 0.791. The highest BCUT2D eigenvalue weighted by atomic mass is 32.1. The minimum atomic E-state index is 0.230. The second-order valence-electron chi connectivity index (χ2n) is 7.38. The molecule has 0 spiro atoms. The summed E-state index contributed by atoms with van der Waals surface area (Å²) >= 11 is 5.60. The normalized spacial score (nSPS) is 20.4. The van der Waals surface area contributed by atoms with Crippen LogP contribution in [0.3, 0.4) is 0 Å². The second-order valence-corrected chi connectivity index (χ2v) is 7.79. The summed E-state index contributed by atoms with van der Waals surface area (Å²) in [6.45, 7) is 3.98. The van der Waals surface area contributed by atoms with Gasteiger partial charge in [0.05, 0.1) is 12.6 Å². The zero-order valence-electron chi connectivity index (χ0n) is 15.6. The molecule has 5 heteroatoms. The predicted octanol–water partition coefficient (Wildman–Crippen LogP) is 3.64. The Morgan fingerprint density at radius 3 is 2.52 bits per heavy atom. The Morgan fingerprint density at radius 1 is 0.963 bits per heavy atom. The first-order valence-corrected chi connectivity index (χ1v) is 10.2. The fraction of sp³-hybridized carbons (Fsp3) is 0.409. The number of nitrogens with one attached hydrogen (secondary N) is 2. The molecule has 1 fully saturated rings. The van der Waals surface area contributed by atoms with Gasteiger partial charge in [-0.15, -0.1) is 0 Å². The lowest BCUT2D eigenvalue weighted by Gasteiger charge is -2.34. The third-order valence-corrected chi connectivity index (χ3v) is 5.67. The summed E-state index contributed by atoms with van der Waals surface area (Å²) < 4.78 is 5.74. The van der Waals surface area contributed by atoms with Gasteiger partial charge in [-0.05, 0) is 36.7 Å². The molecule has 2 aliphatic heterocycles. The van der Waals surface area contributed by atoms with Crippen molar-refractivity contribution < 1.29 is 4.74 Å². The zero-order valence-corrected chi connectivity index (χ0v) is 16.4. The first kappa shape index (κ1) is 18.3. The minimum absolute atomic E-state index is 0.230. The van der Waals surface area contributed by atoms with Crippen LogP contribution >= 0.6 is 12.2 Å². The number of para-hydroxylation sites is 1. The van der Waals surface area contributed by atoms with E-state index in [1.807, 2.05) is 12.1 Å². The molecule has 2 heterocycles. The van der Waals surface area contributed by atoms with Gasteiger partial charge < -0.3 is 15.4 Å². The lowest BCUT2D eigenvalue weighted by Crippen LogP contribution is -2.48. The molecule has 0 aromatic heterocycles. The van der Waals surface area contributed by atoms with Crippen LogP contribution in [-0.4, -0.2) is 35.8 Å². The van der Waals surface area contributed by atoms with Crippen molar-refractivity contribution in [3.63, 3.8) is 0 Å². The summed E-state index contributed by atoms with van der Waals surface area (Å²) in [6.07, 6.45) is 3.19. The molecular weight excluding hydrogens is 354 g/mol. The molecule has 1 saturated heterocycles. The Balaban J connectivity index is 1.24. The molecule has 0 amide bonds. The third-order valence-electron chi connectivity index (χ3n) is 5.44. The van der Waals surface area contributed by atoms with Gasteiger partial charge in [-0.3, -0.25) is 4.90 Å². The zero-order chi connectivity index (χ0) is 18.5. The third kappa shape index (κ3) is 4.79. The number of hydrogen-bond donors (Lipinski definition) is 2. The van der Waals surface area contributed by atoms with Crippen LogP contribution in [0.4, 0.5) is 0 Å². The predicted molar refractivity (Wildman–Crippen MR) is 113 cm³/mol. The highest BCUT2D eigenvalue weighted by Crippen LogP contribution is 2.31. The van der Waals surface area contributed by atoms with Gasteiger partial charge in [-0.2, -0.15) is 0 Å². The van der Waals surface area contributed by atoms with Crippen molar-refractivity contribution in [2.45, 2.75) is 37.9 Å². The van der Waals surface area contributed by atoms with E-state index in [2.05, 4.69) is 58.0 Å². The second kappa shape index (κ2) is 8.72. The molecule has 4 rings (SSSR count). The van der Waals surface area contributed by atoms with Gasteiger partial charge in [0.1, 0.15) is 5.75 Å². The summed E-state index contributed by atoms with van der Waals surface area (Å²) in [5.41, 5.74) is 2.59. The highest BCUT2D eigenvalue weighted by Gasteiger charge is 2.24. The number of piperidine rings is 1. The number of hydrogen-bond acceptors (Lipinski definition) is 3. The molecule has 2 aromatic carbocycles. The average molecular weight is 382 g/mol. The van der Waals surface area contributed by atoms with Crippen molar-refractivity contribution >= 4 is 17.3 Å². The summed E-state index contributed by atoms with van der Waals surface area (Å²) in [5.74, 6) is 0.971. The number of fused-ring (bicyclic) bond motifs is 1. The van der Waals surface area contributed by atoms with E-state index in [1.165, 1.54) is 11.1 Å². The van der Waals surface area contributed by atoms with Crippen LogP contribution in [0.5, 0.6) is 5.75 Å². The monoisotopic (exact) mass is 381 g/mol. The fourth-order valence-corrected chi connectivity index (χ4v) is 4.26. The van der Waals surface area contributed by atoms with Crippen LogP contribution in [0.15, 0.2) is 54.6 Å². The van der Waals surface area contributed by atoms with Crippen LogP contribution in [0.25, 0.3) is 0 Å². The van der Waals surface area contributed by atoms with E-state index in [1.54, 1.807) is 0 Å². The Hall–Kier alpha value is -2.11. The lowest BCUT2D eigenvalue weighted by atomic mass is 10.0. The van der Waals surface area contributed by atoms with Gasteiger partial charge in [-0.25, -0.2) is 0 Å². The Labute approximate surface area is 166 Å².